The van der Waals surface area contributed by atoms with Gasteiger partial charge in [-0.15, -0.1) is 0 Å². The topological polar surface area (TPSA) is 92.8 Å². The van der Waals surface area contributed by atoms with Gasteiger partial charge in [-0.3, -0.25) is 24.1 Å². The average molecular weight is 571 g/mol. The molecule has 1 heterocycles. The van der Waals surface area contributed by atoms with E-state index in [9.17, 15) is 19.2 Å². The van der Waals surface area contributed by atoms with E-state index in [1.54, 1.807) is 6.07 Å². The van der Waals surface area contributed by atoms with Crippen LogP contribution in [0.5, 0.6) is 0 Å². The SMILES string of the molecule is O=C(COC(=O)CN1C(=O)[C@H]2C[C@@H](Br)[C@@H](Br)C[C@H]2C1=O)Nc1ccc(Cl)cc1Cl. The molecule has 11 heteroatoms. The van der Waals surface area contributed by atoms with Crippen LogP contribution in [0.1, 0.15) is 12.8 Å². The van der Waals surface area contributed by atoms with Gasteiger partial charge in [-0.05, 0) is 31.0 Å². The molecule has 1 aromatic carbocycles. The third kappa shape index (κ3) is 5.13. The van der Waals surface area contributed by atoms with Gasteiger partial charge < -0.3 is 10.1 Å². The van der Waals surface area contributed by atoms with Crippen molar-refractivity contribution in [3.8, 4) is 0 Å². The number of nitrogens with zero attached hydrogens (tertiary/aromatic N) is 1. The zero-order valence-electron chi connectivity index (χ0n) is 14.9. The number of ether oxygens (including phenoxy) is 1. The molecule has 1 aromatic rings. The van der Waals surface area contributed by atoms with Crippen LogP contribution in [0.2, 0.25) is 10.0 Å². The first-order valence-corrected chi connectivity index (χ1v) is 11.3. The number of esters is 1. The number of anilines is 1. The minimum absolute atomic E-state index is 0.0794. The van der Waals surface area contributed by atoms with E-state index in [1.165, 1.54) is 12.1 Å². The number of fused-ring (bicyclic) bond motifs is 1. The van der Waals surface area contributed by atoms with Crippen molar-refractivity contribution in [1.82, 2.24) is 4.90 Å². The second-order valence-electron chi connectivity index (χ2n) is 6.81. The molecule has 2 fully saturated rings. The Bertz CT molecular complexity index is 841. The Morgan fingerprint density at radius 3 is 2.24 bits per heavy atom. The van der Waals surface area contributed by atoms with Crippen molar-refractivity contribution in [3.63, 3.8) is 0 Å². The molecule has 1 aliphatic heterocycles. The van der Waals surface area contributed by atoms with E-state index in [0.29, 0.717) is 23.6 Å². The molecule has 29 heavy (non-hydrogen) atoms. The van der Waals surface area contributed by atoms with E-state index in [2.05, 4.69) is 37.2 Å². The maximum Gasteiger partial charge on any atom is 0.326 e. The molecule has 3 rings (SSSR count). The molecule has 3 amide bonds. The van der Waals surface area contributed by atoms with E-state index in [1.807, 2.05) is 0 Å². The summed E-state index contributed by atoms with van der Waals surface area (Å²) in [5, 5.41) is 3.14. The van der Waals surface area contributed by atoms with Gasteiger partial charge in [-0.1, -0.05) is 55.1 Å². The summed E-state index contributed by atoms with van der Waals surface area (Å²) in [5.74, 6) is -3.09. The lowest BCUT2D eigenvalue weighted by Crippen LogP contribution is -2.37. The van der Waals surface area contributed by atoms with Crippen LogP contribution in [-0.4, -0.2) is 51.4 Å². The van der Waals surface area contributed by atoms with Crippen LogP contribution in [0.3, 0.4) is 0 Å². The zero-order valence-corrected chi connectivity index (χ0v) is 19.6. The number of imide groups is 1. The van der Waals surface area contributed by atoms with Crippen molar-refractivity contribution in [2.45, 2.75) is 22.5 Å². The molecule has 1 saturated carbocycles. The molecule has 4 atom stereocenters. The second kappa shape index (κ2) is 9.32. The summed E-state index contributed by atoms with van der Waals surface area (Å²) in [6, 6.07) is 4.53. The first kappa shape index (κ1) is 22.5. The Morgan fingerprint density at radius 1 is 1.10 bits per heavy atom. The van der Waals surface area contributed by atoms with Crippen LogP contribution < -0.4 is 5.32 Å². The molecular weight excluding hydrogens is 555 g/mol. The lowest BCUT2D eigenvalue weighted by molar-refractivity contribution is -0.154. The first-order chi connectivity index (χ1) is 13.7. The van der Waals surface area contributed by atoms with Gasteiger partial charge in [0, 0.05) is 14.7 Å². The fourth-order valence-electron chi connectivity index (χ4n) is 3.42. The van der Waals surface area contributed by atoms with Crippen LogP contribution in [0.25, 0.3) is 0 Å². The fourth-order valence-corrected chi connectivity index (χ4v) is 5.11. The van der Waals surface area contributed by atoms with E-state index in [4.69, 9.17) is 27.9 Å². The molecule has 0 spiro atoms. The normalized spacial score (nSPS) is 26.3. The van der Waals surface area contributed by atoms with Crippen molar-refractivity contribution in [2.75, 3.05) is 18.5 Å². The number of carbonyl (C=O) groups excluding carboxylic acids is 4. The van der Waals surface area contributed by atoms with Crippen molar-refractivity contribution in [2.24, 2.45) is 11.8 Å². The molecule has 1 N–H and O–H groups in total. The summed E-state index contributed by atoms with van der Waals surface area (Å²) in [6.07, 6.45) is 1.03. The van der Waals surface area contributed by atoms with Gasteiger partial charge in [0.25, 0.3) is 5.91 Å². The summed E-state index contributed by atoms with van der Waals surface area (Å²) < 4.78 is 4.91. The molecule has 1 aliphatic carbocycles. The number of hydrogen-bond donors (Lipinski definition) is 1. The summed E-state index contributed by atoms with van der Waals surface area (Å²) in [5.41, 5.74) is 0.319. The minimum Gasteiger partial charge on any atom is -0.454 e. The smallest absolute Gasteiger partial charge is 0.326 e. The standard InChI is InChI=1S/C18H16Br2Cl2N2O5/c19-11-4-9-10(5-12(11)20)18(28)24(17(9)27)6-16(26)29-7-15(25)23-14-2-1-8(21)3-13(14)22/h1-3,9-12H,4-7H2,(H,23,25)/t9-,10+,11+,12-. The lowest BCUT2D eigenvalue weighted by Gasteiger charge is -2.29. The van der Waals surface area contributed by atoms with Crippen LogP contribution in [0, 0.1) is 11.8 Å². The Labute approximate surface area is 193 Å². The summed E-state index contributed by atoms with van der Waals surface area (Å²) in [6.45, 7) is -1.09. The highest BCUT2D eigenvalue weighted by molar-refractivity contribution is 9.12. The van der Waals surface area contributed by atoms with Gasteiger partial charge in [-0.2, -0.15) is 0 Å². The Hall–Kier alpha value is -1.16. The molecule has 0 aromatic heterocycles. The number of nitrogens with one attached hydrogen (secondary N) is 1. The number of benzene rings is 1. The van der Waals surface area contributed by atoms with Crippen LogP contribution in [0.15, 0.2) is 18.2 Å². The molecule has 156 valence electrons. The fraction of sp³-hybridized carbons (Fsp3) is 0.444. The Balaban J connectivity index is 1.52. The number of carbonyl (C=O) groups is 4. The highest BCUT2D eigenvalue weighted by atomic mass is 79.9. The van der Waals surface area contributed by atoms with Gasteiger partial charge in [0.15, 0.2) is 6.61 Å². The molecule has 0 bridgehead atoms. The third-order valence-corrected chi connectivity index (χ3v) is 8.14. The van der Waals surface area contributed by atoms with Gasteiger partial charge >= 0.3 is 5.97 Å². The molecule has 0 radical (unpaired) electrons. The number of likely N-dealkylation sites (tertiary alicyclic amines) is 1. The predicted molar refractivity (Wildman–Crippen MR) is 114 cm³/mol. The summed E-state index contributed by atoms with van der Waals surface area (Å²) in [7, 11) is 0. The monoisotopic (exact) mass is 568 g/mol. The number of alkyl halides is 2. The average Bonchev–Trinajstić information content (AvgIpc) is 2.87. The van der Waals surface area contributed by atoms with E-state index < -0.39 is 36.9 Å². The van der Waals surface area contributed by atoms with Gasteiger partial charge in [0.05, 0.1) is 22.5 Å². The van der Waals surface area contributed by atoms with Crippen molar-refractivity contribution < 1.29 is 23.9 Å². The van der Waals surface area contributed by atoms with E-state index in [0.717, 1.165) is 4.90 Å². The van der Waals surface area contributed by atoms with Gasteiger partial charge in [0.1, 0.15) is 6.54 Å². The molecule has 1 saturated heterocycles. The maximum absolute atomic E-state index is 12.5. The molecular formula is C18H16Br2Cl2N2O5. The third-order valence-electron chi connectivity index (χ3n) is 4.86. The number of amides is 3. The summed E-state index contributed by atoms with van der Waals surface area (Å²) >= 11 is 18.8. The van der Waals surface area contributed by atoms with Gasteiger partial charge in [-0.25, -0.2) is 0 Å². The largest absolute Gasteiger partial charge is 0.454 e. The van der Waals surface area contributed by atoms with Crippen molar-refractivity contribution in [3.05, 3.63) is 28.2 Å². The van der Waals surface area contributed by atoms with E-state index >= 15 is 0 Å². The summed E-state index contributed by atoms with van der Waals surface area (Å²) in [4.78, 5) is 50.2. The predicted octanol–water partition coefficient (Wildman–Crippen LogP) is 3.40. The minimum atomic E-state index is -0.839. The quantitative estimate of drug-likeness (QED) is 0.333. The number of rotatable bonds is 5. The Morgan fingerprint density at radius 2 is 1.69 bits per heavy atom. The first-order valence-electron chi connectivity index (χ1n) is 8.71. The van der Waals surface area contributed by atoms with Gasteiger partial charge in [0.2, 0.25) is 11.8 Å². The lowest BCUT2D eigenvalue weighted by atomic mass is 9.81. The number of hydrogen-bond acceptors (Lipinski definition) is 5. The molecule has 0 unspecified atom stereocenters. The van der Waals surface area contributed by atoms with Crippen LogP contribution in [0.4, 0.5) is 5.69 Å². The highest BCUT2D eigenvalue weighted by Crippen LogP contribution is 2.43. The molecule has 2 aliphatic rings. The zero-order chi connectivity index (χ0) is 21.3. The maximum atomic E-state index is 12.5. The number of halogens is 4. The highest BCUT2D eigenvalue weighted by Gasteiger charge is 2.52. The Kier molecular flexibility index (Phi) is 7.24. The molecule has 7 nitrogen and oxygen atoms in total. The van der Waals surface area contributed by atoms with Crippen LogP contribution >= 0.6 is 55.1 Å². The van der Waals surface area contributed by atoms with Crippen LogP contribution in [-0.2, 0) is 23.9 Å². The second-order valence-corrected chi connectivity index (χ2v) is 10.0. The van der Waals surface area contributed by atoms with Crippen molar-refractivity contribution >= 4 is 84.4 Å². The van der Waals surface area contributed by atoms with E-state index in [-0.39, 0.29) is 26.5 Å². The van der Waals surface area contributed by atoms with Crippen molar-refractivity contribution in [1.29, 1.82) is 0 Å².